The van der Waals surface area contributed by atoms with Crippen molar-refractivity contribution in [3.05, 3.63) is 65.1 Å². The van der Waals surface area contributed by atoms with Crippen molar-refractivity contribution in [1.82, 2.24) is 4.90 Å². The number of para-hydroxylation sites is 2. The van der Waals surface area contributed by atoms with E-state index in [1.54, 1.807) is 42.5 Å². The molecule has 6 nitrogen and oxygen atoms in total. The van der Waals surface area contributed by atoms with Crippen molar-refractivity contribution >= 4 is 51.9 Å². The van der Waals surface area contributed by atoms with Crippen molar-refractivity contribution in [2.45, 2.75) is 13.0 Å². The zero-order chi connectivity index (χ0) is 23.1. The van der Waals surface area contributed by atoms with Gasteiger partial charge in [-0.1, -0.05) is 60.4 Å². The largest absolute Gasteiger partial charge is 0.434 e. The molecule has 0 aromatic heterocycles. The lowest BCUT2D eigenvalue weighted by atomic mass is 10.2. The molecule has 10 heteroatoms. The van der Waals surface area contributed by atoms with Gasteiger partial charge in [-0.25, -0.2) is 0 Å². The summed E-state index contributed by atoms with van der Waals surface area (Å²) in [4.78, 5) is 28.6. The van der Waals surface area contributed by atoms with Gasteiger partial charge in [-0.05, 0) is 24.3 Å². The quantitative estimate of drug-likeness (QED) is 0.436. The van der Waals surface area contributed by atoms with Gasteiger partial charge in [0.05, 0.1) is 11.5 Å². The van der Waals surface area contributed by atoms with Crippen LogP contribution >= 0.6 is 24.0 Å². The molecule has 0 saturated carbocycles. The van der Waals surface area contributed by atoms with Gasteiger partial charge in [0.25, 0.3) is 5.91 Å². The highest BCUT2D eigenvalue weighted by Gasteiger charge is 2.33. The van der Waals surface area contributed by atoms with Crippen LogP contribution in [0, 0.1) is 0 Å². The average molecular weight is 479 g/mol. The molecular formula is C22H20F2N2O4S2. The van der Waals surface area contributed by atoms with Gasteiger partial charge in [-0.3, -0.25) is 14.5 Å². The van der Waals surface area contributed by atoms with Gasteiger partial charge in [0.1, 0.15) is 10.1 Å². The maximum Gasteiger partial charge on any atom is 0.387 e. The summed E-state index contributed by atoms with van der Waals surface area (Å²) in [6.45, 7) is -3.01. The predicted octanol–water partition coefficient (Wildman–Crippen LogP) is 3.90. The molecule has 32 heavy (non-hydrogen) atoms. The molecule has 1 aliphatic rings. The van der Waals surface area contributed by atoms with Gasteiger partial charge >= 0.3 is 6.61 Å². The first kappa shape index (κ1) is 23.8. The highest BCUT2D eigenvalue weighted by molar-refractivity contribution is 8.26. The lowest BCUT2D eigenvalue weighted by molar-refractivity contribution is -0.123. The third-order valence-electron chi connectivity index (χ3n) is 4.54. The van der Waals surface area contributed by atoms with E-state index in [0.717, 1.165) is 11.8 Å². The Hall–Kier alpha value is -2.82. The fraction of sp³-hybridized carbons (Fsp3) is 0.227. The molecule has 2 aromatic rings. The van der Waals surface area contributed by atoms with E-state index in [1.165, 1.54) is 21.9 Å². The number of hydrogen-bond donors (Lipinski definition) is 1. The van der Waals surface area contributed by atoms with E-state index in [0.29, 0.717) is 11.3 Å². The van der Waals surface area contributed by atoms with E-state index >= 15 is 0 Å². The summed E-state index contributed by atoms with van der Waals surface area (Å²) in [6.07, 6.45) is 1.45. The van der Waals surface area contributed by atoms with Crippen LogP contribution in [0.5, 0.6) is 5.75 Å². The van der Waals surface area contributed by atoms with Crippen LogP contribution in [0.2, 0.25) is 0 Å². The predicted molar refractivity (Wildman–Crippen MR) is 123 cm³/mol. The van der Waals surface area contributed by atoms with E-state index in [2.05, 4.69) is 4.74 Å². The molecule has 1 N–H and O–H groups in total. The summed E-state index contributed by atoms with van der Waals surface area (Å²) in [6, 6.07) is 15.0. The number of carbonyl (C=O) groups is 2. The lowest BCUT2D eigenvalue weighted by Crippen LogP contribution is -2.37. The Morgan fingerprint density at radius 1 is 1.19 bits per heavy atom. The average Bonchev–Trinajstić information content (AvgIpc) is 3.04. The van der Waals surface area contributed by atoms with E-state index in [9.17, 15) is 23.5 Å². The van der Waals surface area contributed by atoms with Crippen molar-refractivity contribution in [3.8, 4) is 5.75 Å². The van der Waals surface area contributed by atoms with E-state index < -0.39 is 12.5 Å². The third-order valence-corrected chi connectivity index (χ3v) is 5.91. The van der Waals surface area contributed by atoms with Crippen molar-refractivity contribution in [1.29, 1.82) is 0 Å². The van der Waals surface area contributed by atoms with Gasteiger partial charge in [0.2, 0.25) is 5.91 Å². The van der Waals surface area contributed by atoms with Crippen LogP contribution in [0.15, 0.2) is 59.5 Å². The first-order valence-electron chi connectivity index (χ1n) is 9.66. The van der Waals surface area contributed by atoms with Crippen LogP contribution in [-0.2, 0) is 9.59 Å². The number of anilines is 1. The number of alkyl halides is 2. The van der Waals surface area contributed by atoms with Crippen LogP contribution in [0.25, 0.3) is 6.08 Å². The van der Waals surface area contributed by atoms with Gasteiger partial charge in [0, 0.05) is 30.8 Å². The van der Waals surface area contributed by atoms with E-state index in [1.807, 2.05) is 6.07 Å². The number of thiocarbonyl (C=S) groups is 1. The van der Waals surface area contributed by atoms with Crippen molar-refractivity contribution < 1.29 is 28.2 Å². The molecule has 0 aliphatic carbocycles. The van der Waals surface area contributed by atoms with Gasteiger partial charge < -0.3 is 14.7 Å². The van der Waals surface area contributed by atoms with Crippen molar-refractivity contribution in [2.75, 3.05) is 24.6 Å². The second kappa shape index (κ2) is 11.2. The smallest absolute Gasteiger partial charge is 0.387 e. The molecule has 0 radical (unpaired) electrons. The summed E-state index contributed by atoms with van der Waals surface area (Å²) in [7, 11) is 0. The second-order valence-corrected chi connectivity index (χ2v) is 8.28. The Labute approximate surface area is 193 Å². The number of aliphatic hydroxyl groups excluding tert-OH is 1. The minimum atomic E-state index is -2.99. The Balaban J connectivity index is 1.70. The lowest BCUT2D eigenvalue weighted by Gasteiger charge is -2.23. The molecule has 168 valence electrons. The topological polar surface area (TPSA) is 70.1 Å². The zero-order valence-electron chi connectivity index (χ0n) is 16.8. The number of aliphatic hydroxyl groups is 1. The molecule has 1 saturated heterocycles. The summed E-state index contributed by atoms with van der Waals surface area (Å²) in [5.74, 6) is -0.725. The minimum absolute atomic E-state index is 0.000303. The number of carbonyl (C=O) groups excluding carboxylic acids is 2. The Kier molecular flexibility index (Phi) is 8.32. The molecular weight excluding hydrogens is 458 g/mol. The van der Waals surface area contributed by atoms with Gasteiger partial charge in [-0.2, -0.15) is 8.78 Å². The first-order valence-corrected chi connectivity index (χ1v) is 10.9. The molecule has 1 fully saturated rings. The number of nitrogens with zero attached hydrogens (tertiary/aromatic N) is 2. The number of hydrogen-bond acceptors (Lipinski definition) is 6. The molecule has 0 atom stereocenters. The number of amides is 2. The van der Waals surface area contributed by atoms with Crippen LogP contribution in [-0.4, -0.2) is 52.4 Å². The zero-order valence-corrected chi connectivity index (χ0v) is 18.5. The summed E-state index contributed by atoms with van der Waals surface area (Å²) < 4.78 is 30.0. The molecule has 0 spiro atoms. The normalized spacial score (nSPS) is 15.0. The number of rotatable bonds is 9. The first-order chi connectivity index (χ1) is 15.4. The highest BCUT2D eigenvalue weighted by atomic mass is 32.2. The van der Waals surface area contributed by atoms with Crippen LogP contribution in [0.4, 0.5) is 14.5 Å². The molecule has 2 aromatic carbocycles. The summed E-state index contributed by atoms with van der Waals surface area (Å²) in [5.41, 5.74) is 0.968. The molecule has 1 heterocycles. The van der Waals surface area contributed by atoms with Crippen molar-refractivity contribution in [3.63, 3.8) is 0 Å². The van der Waals surface area contributed by atoms with Gasteiger partial charge in [0.15, 0.2) is 0 Å². The standard InChI is InChI=1S/C22H20F2N2O4S2/c23-21(24)30-17-9-5-4-6-15(17)14-18-20(29)26(22(31)32-18)11-10-19(28)25(12-13-27)16-7-2-1-3-8-16/h1-9,14,21,27H,10-13H2/b18-14-. The molecule has 1 aliphatic heterocycles. The fourth-order valence-corrected chi connectivity index (χ4v) is 4.38. The number of halogens is 2. The molecule has 0 bridgehead atoms. The monoisotopic (exact) mass is 478 g/mol. The summed E-state index contributed by atoms with van der Waals surface area (Å²) >= 11 is 6.32. The molecule has 0 unspecified atom stereocenters. The molecule has 2 amide bonds. The van der Waals surface area contributed by atoms with E-state index in [-0.39, 0.29) is 47.0 Å². The SMILES string of the molecule is O=C1/C(=C/c2ccccc2OC(F)F)SC(=S)N1CCC(=O)N(CCO)c1ccccc1. The maximum atomic E-state index is 12.8. The third kappa shape index (κ3) is 5.90. The van der Waals surface area contributed by atoms with Crippen LogP contribution < -0.4 is 9.64 Å². The van der Waals surface area contributed by atoms with Crippen LogP contribution in [0.3, 0.4) is 0 Å². The summed E-state index contributed by atoms with van der Waals surface area (Å²) in [5, 5.41) is 9.32. The Bertz CT molecular complexity index is 1020. The fourth-order valence-electron chi connectivity index (χ4n) is 3.09. The van der Waals surface area contributed by atoms with Gasteiger partial charge in [-0.15, -0.1) is 0 Å². The van der Waals surface area contributed by atoms with Crippen LogP contribution in [0.1, 0.15) is 12.0 Å². The number of ether oxygens (including phenoxy) is 1. The Morgan fingerprint density at radius 2 is 1.88 bits per heavy atom. The van der Waals surface area contributed by atoms with Crippen molar-refractivity contribution in [2.24, 2.45) is 0 Å². The second-order valence-electron chi connectivity index (χ2n) is 6.60. The maximum absolute atomic E-state index is 12.8. The molecule has 3 rings (SSSR count). The number of benzene rings is 2. The number of thioether (sulfide) groups is 1. The highest BCUT2D eigenvalue weighted by Crippen LogP contribution is 2.34. The minimum Gasteiger partial charge on any atom is -0.434 e. The Morgan fingerprint density at radius 3 is 2.56 bits per heavy atom. The van der Waals surface area contributed by atoms with E-state index in [4.69, 9.17) is 12.2 Å².